The molecule has 0 atom stereocenters. The summed E-state index contributed by atoms with van der Waals surface area (Å²) in [7, 11) is 0. The maximum atomic E-state index is 4.45. The normalized spacial score (nSPS) is 18.9. The number of imidazole rings is 1. The number of hydrogen-bond donors (Lipinski definition) is 1. The molecule has 4 rings (SSSR count). The molecule has 2 aromatic heterocycles. The van der Waals surface area contributed by atoms with E-state index in [2.05, 4.69) is 39.0 Å². The summed E-state index contributed by atoms with van der Waals surface area (Å²) in [6, 6.07) is 3.19. The van der Waals surface area contributed by atoms with Crippen LogP contribution in [0.1, 0.15) is 34.0 Å². The van der Waals surface area contributed by atoms with Crippen molar-refractivity contribution in [1.29, 1.82) is 0 Å². The molecular formula is C16H22N4S. The Bertz CT molecular complexity index is 626. The molecule has 112 valence electrons. The third-order valence-corrected chi connectivity index (χ3v) is 5.52. The average Bonchev–Trinajstić information content (AvgIpc) is 3.08. The van der Waals surface area contributed by atoms with Gasteiger partial charge < -0.3 is 9.88 Å². The van der Waals surface area contributed by atoms with Gasteiger partial charge in [-0.3, -0.25) is 4.90 Å². The molecule has 0 amide bonds. The van der Waals surface area contributed by atoms with Crippen LogP contribution in [0.25, 0.3) is 0 Å². The molecule has 0 unspecified atom stereocenters. The minimum absolute atomic E-state index is 0.789. The van der Waals surface area contributed by atoms with Crippen LogP contribution >= 0.6 is 11.3 Å². The van der Waals surface area contributed by atoms with Gasteiger partial charge in [0.1, 0.15) is 5.82 Å². The first-order valence-electron chi connectivity index (χ1n) is 7.82. The van der Waals surface area contributed by atoms with Gasteiger partial charge in [0.05, 0.1) is 6.54 Å². The van der Waals surface area contributed by atoms with E-state index in [9.17, 15) is 0 Å². The molecule has 0 spiro atoms. The van der Waals surface area contributed by atoms with Crippen LogP contribution in [0.4, 0.5) is 0 Å². The molecule has 0 bridgehead atoms. The maximum absolute atomic E-state index is 4.45. The van der Waals surface area contributed by atoms with Gasteiger partial charge in [-0.05, 0) is 31.4 Å². The molecule has 1 aliphatic heterocycles. The third-order valence-electron chi connectivity index (χ3n) is 4.43. The van der Waals surface area contributed by atoms with Gasteiger partial charge in [-0.1, -0.05) is 0 Å². The lowest BCUT2D eigenvalue weighted by molar-refractivity contribution is 0.209. The Kier molecular flexibility index (Phi) is 3.57. The molecule has 21 heavy (non-hydrogen) atoms. The zero-order valence-electron chi connectivity index (χ0n) is 12.5. The number of aromatic nitrogens is 2. The van der Waals surface area contributed by atoms with Crippen molar-refractivity contribution >= 4 is 11.3 Å². The molecule has 0 aromatic carbocycles. The number of aryl methyl sites for hydroxylation is 1. The van der Waals surface area contributed by atoms with Crippen LogP contribution in [0.2, 0.25) is 0 Å². The van der Waals surface area contributed by atoms with E-state index >= 15 is 0 Å². The van der Waals surface area contributed by atoms with E-state index in [0.717, 1.165) is 38.8 Å². The lowest BCUT2D eigenvalue weighted by Crippen LogP contribution is -2.33. The number of thiophene rings is 1. The van der Waals surface area contributed by atoms with Crippen molar-refractivity contribution in [1.82, 2.24) is 19.8 Å². The maximum Gasteiger partial charge on any atom is 0.122 e. The molecule has 3 heterocycles. The van der Waals surface area contributed by atoms with Crippen LogP contribution in [0.3, 0.4) is 0 Å². The third kappa shape index (κ3) is 3.05. The molecular weight excluding hydrogens is 280 g/mol. The van der Waals surface area contributed by atoms with Crippen molar-refractivity contribution in [3.05, 3.63) is 39.6 Å². The first kappa shape index (κ1) is 13.5. The van der Waals surface area contributed by atoms with E-state index in [0.29, 0.717) is 0 Å². The quantitative estimate of drug-likeness (QED) is 0.921. The zero-order valence-corrected chi connectivity index (χ0v) is 13.3. The summed E-state index contributed by atoms with van der Waals surface area (Å²) in [5.41, 5.74) is 1.49. The summed E-state index contributed by atoms with van der Waals surface area (Å²) in [5.74, 6) is 1.20. The second kappa shape index (κ2) is 5.55. The number of rotatable bonds is 5. The highest BCUT2D eigenvalue weighted by Gasteiger charge is 2.21. The Labute approximate surface area is 129 Å². The lowest BCUT2D eigenvalue weighted by atomic mass is 10.2. The van der Waals surface area contributed by atoms with Gasteiger partial charge in [0.15, 0.2) is 0 Å². The zero-order chi connectivity index (χ0) is 14.2. The molecule has 2 aromatic rings. The fourth-order valence-corrected chi connectivity index (χ4v) is 3.97. The molecule has 1 N–H and O–H groups in total. The second-order valence-electron chi connectivity index (χ2n) is 6.20. The van der Waals surface area contributed by atoms with Gasteiger partial charge in [0, 0.05) is 54.4 Å². The second-order valence-corrected chi connectivity index (χ2v) is 7.54. The summed E-state index contributed by atoms with van der Waals surface area (Å²) in [6.07, 6.45) is 6.72. The monoisotopic (exact) mass is 302 g/mol. The first-order valence-corrected chi connectivity index (χ1v) is 8.63. The van der Waals surface area contributed by atoms with Gasteiger partial charge in [-0.15, -0.1) is 11.3 Å². The number of nitrogens with one attached hydrogen (secondary N) is 1. The van der Waals surface area contributed by atoms with Crippen molar-refractivity contribution in [2.75, 3.05) is 6.54 Å². The highest BCUT2D eigenvalue weighted by atomic mass is 32.1. The molecule has 2 aliphatic rings. The van der Waals surface area contributed by atoms with E-state index in [4.69, 9.17) is 0 Å². The minimum Gasteiger partial charge on any atom is -0.333 e. The van der Waals surface area contributed by atoms with Crippen LogP contribution in [0.15, 0.2) is 18.5 Å². The van der Waals surface area contributed by atoms with Crippen molar-refractivity contribution in [3.8, 4) is 0 Å². The van der Waals surface area contributed by atoms with Crippen molar-refractivity contribution < 1.29 is 0 Å². The molecule has 0 radical (unpaired) electrons. The SMILES string of the molecule is Cc1sc(CNC2CC2)cc1CN1CCn2ccnc2C1. The summed E-state index contributed by atoms with van der Waals surface area (Å²) >= 11 is 1.95. The van der Waals surface area contributed by atoms with Gasteiger partial charge in [-0.2, -0.15) is 0 Å². The van der Waals surface area contributed by atoms with Crippen molar-refractivity contribution in [2.24, 2.45) is 0 Å². The predicted octanol–water partition coefficient (Wildman–Crippen LogP) is 2.52. The topological polar surface area (TPSA) is 33.1 Å². The van der Waals surface area contributed by atoms with Gasteiger partial charge in [0.25, 0.3) is 0 Å². The highest BCUT2D eigenvalue weighted by molar-refractivity contribution is 7.12. The lowest BCUT2D eigenvalue weighted by Gasteiger charge is -2.27. The van der Waals surface area contributed by atoms with Gasteiger partial charge in [-0.25, -0.2) is 4.98 Å². The van der Waals surface area contributed by atoms with Crippen LogP contribution in [0.5, 0.6) is 0 Å². The summed E-state index contributed by atoms with van der Waals surface area (Å²) < 4.78 is 2.27. The average molecular weight is 302 g/mol. The summed E-state index contributed by atoms with van der Waals surface area (Å²) in [5, 5.41) is 3.61. The Hall–Kier alpha value is -1.17. The minimum atomic E-state index is 0.789. The van der Waals surface area contributed by atoms with E-state index in [1.54, 1.807) is 0 Å². The van der Waals surface area contributed by atoms with Gasteiger partial charge >= 0.3 is 0 Å². The predicted molar refractivity (Wildman–Crippen MR) is 85.3 cm³/mol. The van der Waals surface area contributed by atoms with Crippen LogP contribution < -0.4 is 5.32 Å². The van der Waals surface area contributed by atoms with E-state index in [1.165, 1.54) is 34.0 Å². The standard InChI is InChI=1S/C16H22N4S/c1-12-13(8-15(21-12)9-18-14-2-3-14)10-19-6-7-20-5-4-17-16(20)11-19/h4-5,8,14,18H,2-3,6-7,9-11H2,1H3. The van der Waals surface area contributed by atoms with E-state index < -0.39 is 0 Å². The molecule has 1 saturated carbocycles. The molecule has 0 saturated heterocycles. The van der Waals surface area contributed by atoms with Crippen LogP contribution in [-0.2, 0) is 26.2 Å². The summed E-state index contributed by atoms with van der Waals surface area (Å²) in [6.45, 7) is 7.51. The summed E-state index contributed by atoms with van der Waals surface area (Å²) in [4.78, 5) is 9.90. The number of hydrogen-bond acceptors (Lipinski definition) is 4. The highest BCUT2D eigenvalue weighted by Crippen LogP contribution is 2.26. The van der Waals surface area contributed by atoms with E-state index in [-0.39, 0.29) is 0 Å². The van der Waals surface area contributed by atoms with Crippen LogP contribution in [0, 0.1) is 6.92 Å². The van der Waals surface area contributed by atoms with Crippen LogP contribution in [-0.4, -0.2) is 27.0 Å². The van der Waals surface area contributed by atoms with E-state index in [1.807, 2.05) is 17.5 Å². The van der Waals surface area contributed by atoms with Gasteiger partial charge in [0.2, 0.25) is 0 Å². The molecule has 1 aliphatic carbocycles. The fraction of sp³-hybridized carbons (Fsp3) is 0.562. The molecule has 5 heteroatoms. The Morgan fingerprint density at radius 1 is 1.38 bits per heavy atom. The Balaban J connectivity index is 1.40. The fourth-order valence-electron chi connectivity index (χ4n) is 2.96. The molecule has 4 nitrogen and oxygen atoms in total. The number of nitrogens with zero attached hydrogens (tertiary/aromatic N) is 3. The largest absolute Gasteiger partial charge is 0.333 e. The first-order chi connectivity index (χ1) is 10.3. The smallest absolute Gasteiger partial charge is 0.122 e. The Morgan fingerprint density at radius 3 is 3.14 bits per heavy atom. The molecule has 1 fully saturated rings. The number of fused-ring (bicyclic) bond motifs is 1. The van der Waals surface area contributed by atoms with Crippen molar-refractivity contribution in [2.45, 2.75) is 52.0 Å². The van der Waals surface area contributed by atoms with Crippen molar-refractivity contribution in [3.63, 3.8) is 0 Å². The Morgan fingerprint density at radius 2 is 2.29 bits per heavy atom.